The first-order valence-electron chi connectivity index (χ1n) is 6.98. The maximum atomic E-state index is 4.44. The minimum absolute atomic E-state index is 0.128. The van der Waals surface area contributed by atoms with Crippen molar-refractivity contribution in [3.63, 3.8) is 0 Å². The summed E-state index contributed by atoms with van der Waals surface area (Å²) in [4.78, 5) is 0. The van der Waals surface area contributed by atoms with Crippen LogP contribution in [-0.4, -0.2) is 16.3 Å². The van der Waals surface area contributed by atoms with Gasteiger partial charge in [0, 0.05) is 12.7 Å². The van der Waals surface area contributed by atoms with Crippen molar-refractivity contribution in [1.82, 2.24) is 15.1 Å². The molecule has 1 aliphatic rings. The second kappa shape index (κ2) is 5.21. The SMILES string of the molecule is CCn1nccc1C1(C(C)C)CCCCCN1. The van der Waals surface area contributed by atoms with Crippen LogP contribution in [0.2, 0.25) is 0 Å². The Morgan fingerprint density at radius 3 is 2.94 bits per heavy atom. The number of hydrogen-bond donors (Lipinski definition) is 1. The average molecular weight is 235 g/mol. The second-order valence-electron chi connectivity index (χ2n) is 5.40. The molecule has 2 rings (SSSR count). The molecule has 0 amide bonds. The van der Waals surface area contributed by atoms with E-state index in [2.05, 4.69) is 41.9 Å². The Labute approximate surface area is 105 Å². The lowest BCUT2D eigenvalue weighted by molar-refractivity contribution is 0.213. The lowest BCUT2D eigenvalue weighted by atomic mass is 9.79. The fraction of sp³-hybridized carbons (Fsp3) is 0.786. The fourth-order valence-corrected chi connectivity index (χ4v) is 3.08. The molecule has 1 unspecified atom stereocenters. The maximum Gasteiger partial charge on any atom is 0.0628 e. The van der Waals surface area contributed by atoms with Crippen molar-refractivity contribution in [2.24, 2.45) is 5.92 Å². The van der Waals surface area contributed by atoms with Crippen LogP contribution < -0.4 is 5.32 Å². The van der Waals surface area contributed by atoms with E-state index in [0.717, 1.165) is 13.1 Å². The molecule has 2 heterocycles. The van der Waals surface area contributed by atoms with E-state index in [-0.39, 0.29) is 5.54 Å². The molecule has 0 spiro atoms. The van der Waals surface area contributed by atoms with Gasteiger partial charge in [0.05, 0.1) is 11.2 Å². The highest BCUT2D eigenvalue weighted by Crippen LogP contribution is 2.36. The van der Waals surface area contributed by atoms with E-state index in [0.29, 0.717) is 5.92 Å². The predicted octanol–water partition coefficient (Wildman–Crippen LogP) is 2.92. The number of hydrogen-bond acceptors (Lipinski definition) is 2. The molecule has 1 aliphatic heterocycles. The van der Waals surface area contributed by atoms with E-state index in [4.69, 9.17) is 0 Å². The van der Waals surface area contributed by atoms with Gasteiger partial charge in [-0.1, -0.05) is 26.7 Å². The van der Waals surface area contributed by atoms with E-state index < -0.39 is 0 Å². The zero-order valence-corrected chi connectivity index (χ0v) is 11.4. The zero-order chi connectivity index (χ0) is 12.3. The molecule has 1 atom stereocenters. The number of nitrogens with zero attached hydrogens (tertiary/aromatic N) is 2. The van der Waals surface area contributed by atoms with Gasteiger partial charge in [-0.3, -0.25) is 4.68 Å². The Morgan fingerprint density at radius 2 is 2.24 bits per heavy atom. The zero-order valence-electron chi connectivity index (χ0n) is 11.4. The third kappa shape index (κ3) is 2.25. The first-order valence-corrected chi connectivity index (χ1v) is 6.98. The summed E-state index contributed by atoms with van der Waals surface area (Å²) in [6, 6.07) is 2.20. The third-order valence-corrected chi connectivity index (χ3v) is 4.15. The van der Waals surface area contributed by atoms with Gasteiger partial charge in [0.1, 0.15) is 0 Å². The minimum atomic E-state index is 0.128. The van der Waals surface area contributed by atoms with Gasteiger partial charge in [0.15, 0.2) is 0 Å². The fourth-order valence-electron chi connectivity index (χ4n) is 3.08. The molecule has 0 radical (unpaired) electrons. The Hall–Kier alpha value is -0.830. The van der Waals surface area contributed by atoms with Crippen molar-refractivity contribution in [3.05, 3.63) is 18.0 Å². The van der Waals surface area contributed by atoms with Gasteiger partial charge in [-0.25, -0.2) is 0 Å². The number of aryl methyl sites for hydroxylation is 1. The molecule has 1 aromatic rings. The van der Waals surface area contributed by atoms with Gasteiger partial charge in [0.2, 0.25) is 0 Å². The number of rotatable bonds is 3. The highest BCUT2D eigenvalue weighted by atomic mass is 15.3. The summed E-state index contributed by atoms with van der Waals surface area (Å²) < 4.78 is 2.15. The molecule has 1 saturated heterocycles. The summed E-state index contributed by atoms with van der Waals surface area (Å²) in [5.41, 5.74) is 1.50. The van der Waals surface area contributed by atoms with Crippen LogP contribution in [0, 0.1) is 5.92 Å². The van der Waals surface area contributed by atoms with Gasteiger partial charge in [-0.2, -0.15) is 5.10 Å². The van der Waals surface area contributed by atoms with Crippen LogP contribution in [0.15, 0.2) is 12.3 Å². The molecule has 0 saturated carbocycles. The summed E-state index contributed by atoms with van der Waals surface area (Å²) in [5.74, 6) is 0.600. The molecule has 1 aromatic heterocycles. The normalized spacial score (nSPS) is 26.1. The van der Waals surface area contributed by atoms with E-state index >= 15 is 0 Å². The van der Waals surface area contributed by atoms with E-state index in [1.807, 2.05) is 6.20 Å². The van der Waals surface area contributed by atoms with Crippen molar-refractivity contribution in [2.75, 3.05) is 6.54 Å². The van der Waals surface area contributed by atoms with Crippen molar-refractivity contribution in [2.45, 2.75) is 58.5 Å². The quantitative estimate of drug-likeness (QED) is 0.873. The first kappa shape index (κ1) is 12.6. The second-order valence-corrected chi connectivity index (χ2v) is 5.40. The molecular formula is C14H25N3. The number of nitrogens with one attached hydrogen (secondary N) is 1. The van der Waals surface area contributed by atoms with Crippen LogP contribution in [0.4, 0.5) is 0 Å². The molecule has 0 bridgehead atoms. The molecule has 1 fully saturated rings. The van der Waals surface area contributed by atoms with E-state index in [9.17, 15) is 0 Å². The van der Waals surface area contributed by atoms with Crippen LogP contribution >= 0.6 is 0 Å². The molecule has 3 nitrogen and oxygen atoms in total. The predicted molar refractivity (Wildman–Crippen MR) is 70.9 cm³/mol. The third-order valence-electron chi connectivity index (χ3n) is 4.15. The Bertz CT molecular complexity index is 346. The molecule has 0 aliphatic carbocycles. The van der Waals surface area contributed by atoms with E-state index in [1.165, 1.54) is 31.4 Å². The van der Waals surface area contributed by atoms with Crippen LogP contribution in [-0.2, 0) is 12.1 Å². The van der Waals surface area contributed by atoms with Gasteiger partial charge in [-0.15, -0.1) is 0 Å². The lowest BCUT2D eigenvalue weighted by Gasteiger charge is -2.38. The van der Waals surface area contributed by atoms with Crippen molar-refractivity contribution in [1.29, 1.82) is 0 Å². The molecule has 0 aromatic carbocycles. The van der Waals surface area contributed by atoms with E-state index in [1.54, 1.807) is 0 Å². The average Bonchev–Trinajstić information content (AvgIpc) is 2.66. The molecular weight excluding hydrogens is 210 g/mol. The maximum absolute atomic E-state index is 4.44. The smallest absolute Gasteiger partial charge is 0.0628 e. The van der Waals surface area contributed by atoms with Gasteiger partial charge < -0.3 is 5.32 Å². The first-order chi connectivity index (χ1) is 8.20. The number of aromatic nitrogens is 2. The molecule has 1 N–H and O–H groups in total. The topological polar surface area (TPSA) is 29.9 Å². The van der Waals surface area contributed by atoms with Gasteiger partial charge in [0.25, 0.3) is 0 Å². The Balaban J connectivity index is 2.39. The van der Waals surface area contributed by atoms with Crippen molar-refractivity contribution < 1.29 is 0 Å². The summed E-state index contributed by atoms with van der Waals surface area (Å²) in [7, 11) is 0. The molecule has 3 heteroatoms. The van der Waals surface area contributed by atoms with Crippen LogP contribution in [0.1, 0.15) is 52.1 Å². The molecule has 17 heavy (non-hydrogen) atoms. The molecule has 96 valence electrons. The highest BCUT2D eigenvalue weighted by molar-refractivity contribution is 5.17. The Kier molecular flexibility index (Phi) is 3.87. The monoisotopic (exact) mass is 235 g/mol. The minimum Gasteiger partial charge on any atom is -0.306 e. The van der Waals surface area contributed by atoms with Crippen LogP contribution in [0.3, 0.4) is 0 Å². The highest BCUT2D eigenvalue weighted by Gasteiger charge is 2.38. The summed E-state index contributed by atoms with van der Waals surface area (Å²) in [6.45, 7) is 8.91. The van der Waals surface area contributed by atoms with Crippen LogP contribution in [0.5, 0.6) is 0 Å². The summed E-state index contributed by atoms with van der Waals surface area (Å²) in [6.07, 6.45) is 7.14. The summed E-state index contributed by atoms with van der Waals surface area (Å²) >= 11 is 0. The van der Waals surface area contributed by atoms with Crippen LogP contribution in [0.25, 0.3) is 0 Å². The van der Waals surface area contributed by atoms with Crippen molar-refractivity contribution in [3.8, 4) is 0 Å². The standard InChI is InChI=1S/C14H25N3/c1-4-17-13(8-11-16-17)14(12(2)3)9-6-5-7-10-15-14/h8,11-12,15H,4-7,9-10H2,1-3H3. The van der Waals surface area contributed by atoms with Gasteiger partial charge in [-0.05, 0) is 38.3 Å². The summed E-state index contributed by atoms with van der Waals surface area (Å²) in [5, 5.41) is 8.26. The van der Waals surface area contributed by atoms with Gasteiger partial charge >= 0.3 is 0 Å². The van der Waals surface area contributed by atoms with Crippen molar-refractivity contribution >= 4 is 0 Å². The lowest BCUT2D eigenvalue weighted by Crippen LogP contribution is -2.47. The Morgan fingerprint density at radius 1 is 1.41 bits per heavy atom. The largest absolute Gasteiger partial charge is 0.306 e.